The van der Waals surface area contributed by atoms with Crippen LogP contribution in [0.15, 0.2) is 36.5 Å². The Balaban J connectivity index is 0.916. The topological polar surface area (TPSA) is 90.8 Å². The molecule has 0 aliphatic carbocycles. The first kappa shape index (κ1) is 34.5. The highest BCUT2D eigenvalue weighted by molar-refractivity contribution is 5.92. The van der Waals surface area contributed by atoms with Gasteiger partial charge in [0.1, 0.15) is 5.82 Å². The van der Waals surface area contributed by atoms with Crippen molar-refractivity contribution in [2.45, 2.75) is 57.7 Å². The first-order valence-corrected chi connectivity index (χ1v) is 17.7. The number of nitrogens with one attached hydrogen (secondary N) is 2. The van der Waals surface area contributed by atoms with Crippen molar-refractivity contribution in [3.05, 3.63) is 47.7 Å². The van der Waals surface area contributed by atoms with Crippen LogP contribution in [0.3, 0.4) is 0 Å². The van der Waals surface area contributed by atoms with E-state index in [0.717, 1.165) is 30.8 Å². The van der Waals surface area contributed by atoms with E-state index in [9.17, 15) is 18.0 Å². The number of pyridine rings is 1. The van der Waals surface area contributed by atoms with Crippen molar-refractivity contribution in [3.8, 4) is 6.07 Å². The number of carbonyl (C=O) groups is 1. The van der Waals surface area contributed by atoms with Crippen LogP contribution >= 0.6 is 0 Å². The third-order valence-electron chi connectivity index (χ3n) is 11.0. The lowest BCUT2D eigenvalue weighted by atomic mass is 9.94. The number of nitrogens with zero attached hydrogens (tertiary/aromatic N) is 6. The number of carbonyl (C=O) groups excluding carboxylic acids is 1. The molecule has 1 aromatic heterocycles. The molecule has 1 atom stereocenters. The minimum Gasteiger partial charge on any atom is -0.371 e. The summed E-state index contributed by atoms with van der Waals surface area (Å²) >= 11 is 0. The van der Waals surface area contributed by atoms with Crippen LogP contribution in [0.4, 0.5) is 30.4 Å². The van der Waals surface area contributed by atoms with Crippen molar-refractivity contribution in [2.24, 2.45) is 17.8 Å². The minimum atomic E-state index is -4.60. The second kappa shape index (κ2) is 15.4. The van der Waals surface area contributed by atoms with Crippen LogP contribution in [-0.4, -0.2) is 98.7 Å². The van der Waals surface area contributed by atoms with Gasteiger partial charge in [-0.1, -0.05) is 0 Å². The number of nitriles is 1. The number of rotatable bonds is 8. The van der Waals surface area contributed by atoms with Crippen molar-refractivity contribution < 1.29 is 18.0 Å². The zero-order chi connectivity index (χ0) is 33.7. The molecule has 1 amide bonds. The Bertz CT molecular complexity index is 1410. The van der Waals surface area contributed by atoms with Crippen molar-refractivity contribution in [1.29, 1.82) is 5.26 Å². The van der Waals surface area contributed by atoms with Crippen LogP contribution < -0.4 is 20.4 Å². The van der Waals surface area contributed by atoms with Gasteiger partial charge in [-0.3, -0.25) is 9.69 Å². The smallest absolute Gasteiger partial charge is 0.371 e. The Morgan fingerprint density at radius 3 is 2.23 bits per heavy atom. The molecule has 0 radical (unpaired) electrons. The summed E-state index contributed by atoms with van der Waals surface area (Å²) in [6.45, 7) is 13.6. The summed E-state index contributed by atoms with van der Waals surface area (Å²) < 4.78 is 40.3. The largest absolute Gasteiger partial charge is 0.417 e. The molecule has 2 aromatic rings. The number of anilines is 3. The van der Waals surface area contributed by atoms with E-state index in [1.54, 1.807) is 12.1 Å². The maximum Gasteiger partial charge on any atom is 0.417 e. The number of piperazine rings is 1. The highest BCUT2D eigenvalue weighted by atomic mass is 19.4. The van der Waals surface area contributed by atoms with Gasteiger partial charge in [0.15, 0.2) is 0 Å². The van der Waals surface area contributed by atoms with Crippen LogP contribution in [-0.2, 0) is 11.0 Å². The molecule has 12 heteroatoms. The molecule has 4 fully saturated rings. The van der Waals surface area contributed by atoms with Gasteiger partial charge in [-0.25, -0.2) is 4.98 Å². The number of benzene rings is 1. The molecule has 4 aliphatic heterocycles. The Kier molecular flexibility index (Phi) is 11.1. The van der Waals surface area contributed by atoms with Crippen LogP contribution in [0.1, 0.15) is 56.6 Å². The van der Waals surface area contributed by atoms with Crippen LogP contribution in [0, 0.1) is 29.1 Å². The van der Waals surface area contributed by atoms with Crippen molar-refractivity contribution in [1.82, 2.24) is 20.1 Å². The molecule has 9 nitrogen and oxygen atoms in total. The molecule has 1 aromatic carbocycles. The molecule has 260 valence electrons. The summed E-state index contributed by atoms with van der Waals surface area (Å²) in [6.07, 6.45) is 3.23. The highest BCUT2D eigenvalue weighted by Gasteiger charge is 2.35. The molecule has 6 rings (SSSR count). The quantitative estimate of drug-likeness (QED) is 0.405. The Labute approximate surface area is 282 Å². The fourth-order valence-corrected chi connectivity index (χ4v) is 7.98. The SMILES string of the molecule is C[C@@H]1CN(CC2CCNCC2)CCN1CC1CCN(c2ccc(NC(=O)C3CCN(c4ccc(C#N)c(C(F)(F)F)c4)CC3)nc2)CC1. The average molecular weight is 667 g/mol. The van der Waals surface area contributed by atoms with Crippen LogP contribution in [0.25, 0.3) is 0 Å². The van der Waals surface area contributed by atoms with E-state index in [4.69, 9.17) is 5.26 Å². The van der Waals surface area contributed by atoms with Gasteiger partial charge >= 0.3 is 6.18 Å². The summed E-state index contributed by atoms with van der Waals surface area (Å²) in [5, 5.41) is 15.5. The lowest BCUT2D eigenvalue weighted by Crippen LogP contribution is -2.54. The predicted molar refractivity (Wildman–Crippen MR) is 182 cm³/mol. The van der Waals surface area contributed by atoms with E-state index in [0.29, 0.717) is 49.4 Å². The fraction of sp³-hybridized carbons (Fsp3) is 0.639. The number of hydrogen-bond acceptors (Lipinski definition) is 8. The number of halogens is 3. The van der Waals surface area contributed by atoms with Crippen molar-refractivity contribution >= 4 is 23.1 Å². The monoisotopic (exact) mass is 666 g/mol. The summed E-state index contributed by atoms with van der Waals surface area (Å²) in [5.41, 5.74) is 0.168. The molecule has 0 spiro atoms. The molecule has 4 aliphatic rings. The van der Waals surface area contributed by atoms with E-state index in [1.807, 2.05) is 23.2 Å². The van der Waals surface area contributed by atoms with E-state index in [2.05, 4.69) is 37.2 Å². The van der Waals surface area contributed by atoms with Crippen molar-refractivity contribution in [2.75, 3.05) is 87.1 Å². The molecule has 0 saturated carbocycles. The Morgan fingerprint density at radius 2 is 1.58 bits per heavy atom. The van der Waals surface area contributed by atoms with Gasteiger partial charge in [0, 0.05) is 76.5 Å². The third kappa shape index (κ3) is 8.60. The van der Waals surface area contributed by atoms with Crippen LogP contribution in [0.5, 0.6) is 0 Å². The second-order valence-electron chi connectivity index (χ2n) is 14.2. The summed E-state index contributed by atoms with van der Waals surface area (Å²) in [4.78, 5) is 27.2. The lowest BCUT2D eigenvalue weighted by molar-refractivity contribution is -0.137. The molecule has 48 heavy (non-hydrogen) atoms. The zero-order valence-corrected chi connectivity index (χ0v) is 28.0. The Hall–Kier alpha value is -3.40. The van der Waals surface area contributed by atoms with Gasteiger partial charge < -0.3 is 25.3 Å². The van der Waals surface area contributed by atoms with E-state index >= 15 is 0 Å². The number of alkyl halides is 3. The summed E-state index contributed by atoms with van der Waals surface area (Å²) in [7, 11) is 0. The third-order valence-corrected chi connectivity index (χ3v) is 11.0. The summed E-state index contributed by atoms with van der Waals surface area (Å²) in [5.74, 6) is 1.70. The fourth-order valence-electron chi connectivity index (χ4n) is 7.98. The van der Waals surface area contributed by atoms with Gasteiger partial charge in [0.2, 0.25) is 5.91 Å². The van der Waals surface area contributed by atoms with Crippen molar-refractivity contribution in [3.63, 3.8) is 0 Å². The van der Waals surface area contributed by atoms with Gasteiger partial charge in [0.05, 0.1) is 29.1 Å². The number of amides is 1. The number of piperidine rings is 3. The predicted octanol–water partition coefficient (Wildman–Crippen LogP) is 5.05. The second-order valence-corrected chi connectivity index (χ2v) is 14.2. The zero-order valence-electron chi connectivity index (χ0n) is 28.0. The molecule has 0 bridgehead atoms. The van der Waals surface area contributed by atoms with E-state index in [1.165, 1.54) is 77.6 Å². The maximum absolute atomic E-state index is 13.4. The van der Waals surface area contributed by atoms with Gasteiger partial charge in [0.25, 0.3) is 0 Å². The maximum atomic E-state index is 13.4. The molecule has 4 saturated heterocycles. The molecule has 0 unspecified atom stereocenters. The first-order valence-electron chi connectivity index (χ1n) is 17.7. The standard InChI is InChI=1S/C36H49F3N8O/c1-26-23-44(24-27-6-12-41-13-7-27)18-19-47(26)25-28-8-14-46(15-9-28)32-4-5-34(42-22-32)43-35(48)29-10-16-45(17-11-29)31-3-2-30(21-40)33(20-31)36(37,38)39/h2-5,20,22,26-29,41H,6-19,23-25H2,1H3,(H,42,43,48)/t26-/m1/s1. The Morgan fingerprint density at radius 1 is 0.917 bits per heavy atom. The number of aromatic nitrogens is 1. The number of hydrogen-bond donors (Lipinski definition) is 2. The van der Waals surface area contributed by atoms with E-state index in [-0.39, 0.29) is 17.4 Å². The molecule has 2 N–H and O–H groups in total. The first-order chi connectivity index (χ1) is 23.2. The highest BCUT2D eigenvalue weighted by Crippen LogP contribution is 2.35. The van der Waals surface area contributed by atoms with Gasteiger partial charge in [-0.15, -0.1) is 0 Å². The minimum absolute atomic E-state index is 0.118. The average Bonchev–Trinajstić information content (AvgIpc) is 3.10. The molecule has 5 heterocycles. The normalized spacial score (nSPS) is 22.9. The van der Waals surface area contributed by atoms with Gasteiger partial charge in [-0.2, -0.15) is 18.4 Å². The molecular weight excluding hydrogens is 617 g/mol. The summed E-state index contributed by atoms with van der Waals surface area (Å²) in [6, 6.07) is 9.90. The molecular formula is C36H49F3N8O. The van der Waals surface area contributed by atoms with Crippen LogP contribution in [0.2, 0.25) is 0 Å². The lowest BCUT2D eigenvalue weighted by Gasteiger charge is -2.44. The van der Waals surface area contributed by atoms with E-state index < -0.39 is 11.7 Å². The van der Waals surface area contributed by atoms with Gasteiger partial charge in [-0.05, 0) is 101 Å².